The van der Waals surface area contributed by atoms with Gasteiger partial charge in [-0.15, -0.1) is 0 Å². The van der Waals surface area contributed by atoms with E-state index in [1.54, 1.807) is 23.9 Å². The maximum Gasteiger partial charge on any atom is 0.268 e. The minimum absolute atomic E-state index is 0.161. The summed E-state index contributed by atoms with van der Waals surface area (Å²) in [4.78, 5) is 31.0. The van der Waals surface area contributed by atoms with Crippen LogP contribution in [0.5, 0.6) is 0 Å². The van der Waals surface area contributed by atoms with Crippen LogP contribution in [-0.2, 0) is 7.05 Å². The van der Waals surface area contributed by atoms with Gasteiger partial charge in [-0.2, -0.15) is 0 Å². The number of carbonyl (C=O) groups is 1. The molecule has 0 bridgehead atoms. The van der Waals surface area contributed by atoms with E-state index in [-0.39, 0.29) is 11.5 Å². The second kappa shape index (κ2) is 6.09. The summed E-state index contributed by atoms with van der Waals surface area (Å²) < 4.78 is 3.20. The molecule has 3 aromatic heterocycles. The van der Waals surface area contributed by atoms with Gasteiger partial charge in [0, 0.05) is 13.2 Å². The largest absolute Gasteiger partial charge is 0.345 e. The van der Waals surface area contributed by atoms with Gasteiger partial charge in [0.15, 0.2) is 0 Å². The number of likely N-dealkylation sites (N-methyl/N-ethyl adjacent to an activating group) is 1. The molecule has 0 saturated carbocycles. The standard InChI is InChI=1S/C17H21N5O2/c1-11-6-5-8-22-14(11)19-15-12(17(22)24)10-13(21(15)4)16(23)18-7-9-20(2)3/h5-6,8,10H,7,9H2,1-4H3,(H,18,23)/p+1. The van der Waals surface area contributed by atoms with Crippen LogP contribution in [0.2, 0.25) is 0 Å². The van der Waals surface area contributed by atoms with Crippen molar-refractivity contribution in [2.45, 2.75) is 6.92 Å². The summed E-state index contributed by atoms with van der Waals surface area (Å²) in [6, 6.07) is 5.35. The van der Waals surface area contributed by atoms with Crippen molar-refractivity contribution in [2.24, 2.45) is 7.05 Å². The summed E-state index contributed by atoms with van der Waals surface area (Å²) in [6.07, 6.45) is 1.70. The van der Waals surface area contributed by atoms with Crippen molar-refractivity contribution in [3.8, 4) is 0 Å². The predicted molar refractivity (Wildman–Crippen MR) is 92.7 cm³/mol. The maximum absolute atomic E-state index is 12.7. The molecule has 2 N–H and O–H groups in total. The Morgan fingerprint density at radius 3 is 2.79 bits per heavy atom. The average molecular weight is 328 g/mol. The summed E-state index contributed by atoms with van der Waals surface area (Å²) in [7, 11) is 5.82. The Hall–Kier alpha value is -2.67. The van der Waals surface area contributed by atoms with Gasteiger partial charge in [0.25, 0.3) is 11.5 Å². The molecule has 126 valence electrons. The Bertz CT molecular complexity index is 984. The van der Waals surface area contributed by atoms with Crippen LogP contribution in [0.1, 0.15) is 16.1 Å². The molecule has 0 radical (unpaired) electrons. The van der Waals surface area contributed by atoms with Crippen LogP contribution in [0.15, 0.2) is 29.2 Å². The number of amides is 1. The third-order valence-corrected chi connectivity index (χ3v) is 4.17. The number of hydrogen-bond donors (Lipinski definition) is 2. The molecule has 0 fully saturated rings. The minimum Gasteiger partial charge on any atom is -0.345 e. The Labute approximate surface area is 139 Å². The van der Waals surface area contributed by atoms with Crippen molar-refractivity contribution >= 4 is 22.6 Å². The number of nitrogens with one attached hydrogen (secondary N) is 2. The van der Waals surface area contributed by atoms with E-state index >= 15 is 0 Å². The van der Waals surface area contributed by atoms with Gasteiger partial charge in [-0.05, 0) is 24.6 Å². The quantitative estimate of drug-likeness (QED) is 0.670. The Morgan fingerprint density at radius 2 is 2.08 bits per heavy atom. The number of hydrogen-bond acceptors (Lipinski definition) is 3. The van der Waals surface area contributed by atoms with Crippen molar-refractivity contribution in [3.63, 3.8) is 0 Å². The lowest BCUT2D eigenvalue weighted by atomic mass is 10.3. The summed E-state index contributed by atoms with van der Waals surface area (Å²) in [5, 5.41) is 3.34. The zero-order valence-corrected chi connectivity index (χ0v) is 14.4. The third-order valence-electron chi connectivity index (χ3n) is 4.17. The van der Waals surface area contributed by atoms with E-state index in [4.69, 9.17) is 0 Å². The van der Waals surface area contributed by atoms with E-state index in [0.717, 1.165) is 12.1 Å². The van der Waals surface area contributed by atoms with Crippen LogP contribution in [0.4, 0.5) is 0 Å². The fourth-order valence-electron chi connectivity index (χ4n) is 2.76. The lowest BCUT2D eigenvalue weighted by Crippen LogP contribution is -3.06. The van der Waals surface area contributed by atoms with Crippen molar-refractivity contribution in [3.05, 3.63) is 46.0 Å². The van der Waals surface area contributed by atoms with E-state index in [1.165, 1.54) is 9.30 Å². The Morgan fingerprint density at radius 1 is 1.33 bits per heavy atom. The number of quaternary nitrogens is 1. The van der Waals surface area contributed by atoms with Gasteiger partial charge in [0.2, 0.25) is 0 Å². The van der Waals surface area contributed by atoms with Crippen molar-refractivity contribution in [2.75, 3.05) is 27.2 Å². The topological polar surface area (TPSA) is 72.8 Å². The smallest absolute Gasteiger partial charge is 0.268 e. The molecule has 24 heavy (non-hydrogen) atoms. The number of nitrogens with zero attached hydrogens (tertiary/aromatic N) is 3. The molecule has 3 heterocycles. The monoisotopic (exact) mass is 328 g/mol. The second-order valence-corrected chi connectivity index (χ2v) is 6.34. The first-order chi connectivity index (χ1) is 11.4. The SMILES string of the molecule is Cc1cccn2c(=O)c3cc(C(=O)NCC[NH+](C)C)n(C)c3nc12. The number of aryl methyl sites for hydroxylation is 2. The fraction of sp³-hybridized carbons (Fsp3) is 0.353. The van der Waals surface area contributed by atoms with Crippen molar-refractivity contribution < 1.29 is 9.69 Å². The molecule has 0 aliphatic rings. The summed E-state index contributed by atoms with van der Waals surface area (Å²) in [5.74, 6) is -0.193. The molecule has 3 aromatic rings. The molecule has 0 unspecified atom stereocenters. The number of rotatable bonds is 4. The van der Waals surface area contributed by atoms with E-state index in [0.29, 0.717) is 28.9 Å². The Balaban J connectivity index is 2.09. The molecular weight excluding hydrogens is 306 g/mol. The number of fused-ring (bicyclic) bond motifs is 2. The van der Waals surface area contributed by atoms with E-state index < -0.39 is 0 Å². The Kier molecular flexibility index (Phi) is 4.11. The average Bonchev–Trinajstić information content (AvgIpc) is 2.86. The number of carbonyl (C=O) groups excluding carboxylic acids is 1. The van der Waals surface area contributed by atoms with Crippen molar-refractivity contribution in [1.82, 2.24) is 19.3 Å². The molecule has 0 aliphatic carbocycles. The first-order valence-corrected chi connectivity index (χ1v) is 7.95. The summed E-state index contributed by atoms with van der Waals surface area (Å²) in [6.45, 7) is 3.32. The molecule has 0 aliphatic heterocycles. The molecular formula is C17H22N5O2+. The third kappa shape index (κ3) is 2.67. The summed E-state index contributed by atoms with van der Waals surface area (Å²) in [5.41, 5.74) is 2.33. The normalized spacial score (nSPS) is 11.5. The van der Waals surface area contributed by atoms with Crippen LogP contribution in [0.25, 0.3) is 16.7 Å². The van der Waals surface area contributed by atoms with Crippen LogP contribution in [-0.4, -0.2) is 47.0 Å². The van der Waals surface area contributed by atoms with E-state index in [2.05, 4.69) is 10.3 Å². The highest BCUT2D eigenvalue weighted by atomic mass is 16.2. The molecule has 0 saturated heterocycles. The van der Waals surface area contributed by atoms with E-state index in [1.807, 2.05) is 33.2 Å². The molecule has 1 amide bonds. The number of pyridine rings is 1. The molecule has 0 atom stereocenters. The first kappa shape index (κ1) is 16.2. The highest BCUT2D eigenvalue weighted by Crippen LogP contribution is 2.16. The summed E-state index contributed by atoms with van der Waals surface area (Å²) >= 11 is 0. The van der Waals surface area contributed by atoms with Gasteiger partial charge in [-0.1, -0.05) is 6.07 Å². The fourth-order valence-corrected chi connectivity index (χ4v) is 2.76. The van der Waals surface area contributed by atoms with Gasteiger partial charge in [0.1, 0.15) is 17.0 Å². The van der Waals surface area contributed by atoms with Gasteiger partial charge >= 0.3 is 0 Å². The van der Waals surface area contributed by atoms with Crippen LogP contribution < -0.4 is 15.8 Å². The van der Waals surface area contributed by atoms with Crippen LogP contribution in [0, 0.1) is 6.92 Å². The van der Waals surface area contributed by atoms with Gasteiger partial charge < -0.3 is 14.8 Å². The lowest BCUT2D eigenvalue weighted by molar-refractivity contribution is -0.856. The van der Waals surface area contributed by atoms with Gasteiger partial charge in [-0.3, -0.25) is 14.0 Å². The molecule has 3 rings (SSSR count). The predicted octanol–water partition coefficient (Wildman–Crippen LogP) is -0.631. The zero-order valence-electron chi connectivity index (χ0n) is 14.4. The molecule has 7 nitrogen and oxygen atoms in total. The molecule has 7 heteroatoms. The first-order valence-electron chi connectivity index (χ1n) is 7.95. The van der Waals surface area contributed by atoms with Gasteiger partial charge in [0.05, 0.1) is 32.6 Å². The minimum atomic E-state index is -0.193. The highest BCUT2D eigenvalue weighted by Gasteiger charge is 2.18. The maximum atomic E-state index is 12.7. The van der Waals surface area contributed by atoms with Crippen molar-refractivity contribution in [1.29, 1.82) is 0 Å². The lowest BCUT2D eigenvalue weighted by Gasteiger charge is -2.09. The van der Waals surface area contributed by atoms with Crippen LogP contribution in [0.3, 0.4) is 0 Å². The van der Waals surface area contributed by atoms with Gasteiger partial charge in [-0.25, -0.2) is 4.98 Å². The van der Waals surface area contributed by atoms with Crippen LogP contribution >= 0.6 is 0 Å². The second-order valence-electron chi connectivity index (χ2n) is 6.34. The molecule has 0 spiro atoms. The highest BCUT2D eigenvalue weighted by molar-refractivity contribution is 5.98. The zero-order chi connectivity index (χ0) is 17.4. The number of aromatic nitrogens is 3. The van der Waals surface area contributed by atoms with E-state index in [9.17, 15) is 9.59 Å². The molecule has 0 aromatic carbocycles.